The molecule has 0 aliphatic rings. The van der Waals surface area contributed by atoms with Gasteiger partial charge in [-0.25, -0.2) is 0 Å². The summed E-state index contributed by atoms with van der Waals surface area (Å²) in [5.74, 6) is 0. The van der Waals surface area contributed by atoms with Crippen LogP contribution >= 0.6 is 9.90 Å². The molecule has 0 rings (SSSR count). The van der Waals surface area contributed by atoms with Crippen LogP contribution in [0.15, 0.2) is 0 Å². The molecular weight excluding hydrogens is 143 g/mol. The minimum Gasteiger partial charge on any atom is -0.412 e. The molecule has 0 aliphatic heterocycles. The second-order valence-electron chi connectivity index (χ2n) is 0.448. The molecule has 4 N–H and O–H groups in total. The van der Waals surface area contributed by atoms with Crippen molar-refractivity contribution >= 4 is 20.3 Å². The van der Waals surface area contributed by atoms with E-state index in [0.717, 1.165) is 0 Å². The SMILES string of the molecule is O.O=S(=O)(O)O.P. The molecule has 0 aliphatic carbocycles. The first-order valence-electron chi connectivity index (χ1n) is 0.698. The predicted octanol–water partition coefficient (Wildman–Crippen LogP) is -1.42. The van der Waals surface area contributed by atoms with E-state index in [0.29, 0.717) is 0 Å². The highest BCUT2D eigenvalue weighted by Gasteiger charge is 1.84. The van der Waals surface area contributed by atoms with Crippen molar-refractivity contribution in [3.8, 4) is 0 Å². The summed E-state index contributed by atoms with van der Waals surface area (Å²) in [7, 11) is -4.67. The fraction of sp³-hybridized carbons (Fsp3) is 0. The second kappa shape index (κ2) is 4.42. The van der Waals surface area contributed by atoms with Crippen molar-refractivity contribution in [2.75, 3.05) is 0 Å². The first kappa shape index (κ1) is 15.7. The van der Waals surface area contributed by atoms with E-state index in [1.54, 1.807) is 0 Å². The molecule has 5 nitrogen and oxygen atoms in total. The van der Waals surface area contributed by atoms with E-state index >= 15 is 0 Å². The van der Waals surface area contributed by atoms with Crippen molar-refractivity contribution in [3.63, 3.8) is 0 Å². The van der Waals surface area contributed by atoms with Crippen molar-refractivity contribution in [2.45, 2.75) is 0 Å². The molecule has 0 amide bonds. The third-order valence-electron chi connectivity index (χ3n) is 0. The summed E-state index contributed by atoms with van der Waals surface area (Å²) in [4.78, 5) is 0. The van der Waals surface area contributed by atoms with Gasteiger partial charge in [0.15, 0.2) is 0 Å². The lowest BCUT2D eigenvalue weighted by Crippen LogP contribution is -1.89. The average molecular weight is 150 g/mol. The Morgan fingerprint density at radius 1 is 1.14 bits per heavy atom. The maximum absolute atomic E-state index is 8.74. The average Bonchev–Trinajstić information content (AvgIpc) is 0.722. The zero-order chi connectivity index (χ0) is 4.50. The Bertz CT molecular complexity index is 91.2. The molecular formula is H7O5PS. The highest BCUT2D eigenvalue weighted by Crippen LogP contribution is 1.59. The Hall–Kier alpha value is 0.260. The highest BCUT2D eigenvalue weighted by atomic mass is 32.3. The van der Waals surface area contributed by atoms with Crippen molar-refractivity contribution in [3.05, 3.63) is 0 Å². The van der Waals surface area contributed by atoms with Gasteiger partial charge in [-0.15, -0.1) is 0 Å². The van der Waals surface area contributed by atoms with Crippen LogP contribution in [-0.2, 0) is 10.4 Å². The highest BCUT2D eigenvalue weighted by molar-refractivity contribution is 7.79. The molecule has 1 atom stereocenters. The third-order valence-corrected chi connectivity index (χ3v) is 0. The minimum atomic E-state index is -4.67. The first-order valence-corrected chi connectivity index (χ1v) is 2.10. The van der Waals surface area contributed by atoms with Crippen LogP contribution in [0.1, 0.15) is 0 Å². The van der Waals surface area contributed by atoms with Gasteiger partial charge < -0.3 is 5.48 Å². The van der Waals surface area contributed by atoms with E-state index in [2.05, 4.69) is 0 Å². The Morgan fingerprint density at radius 3 is 1.14 bits per heavy atom. The van der Waals surface area contributed by atoms with E-state index in [-0.39, 0.29) is 15.4 Å². The fourth-order valence-corrected chi connectivity index (χ4v) is 0. The normalized spacial score (nSPS) is 8.29. The third kappa shape index (κ3) is 1680. The smallest absolute Gasteiger partial charge is 0.394 e. The van der Waals surface area contributed by atoms with Crippen LogP contribution in [0.4, 0.5) is 0 Å². The van der Waals surface area contributed by atoms with Crippen molar-refractivity contribution in [2.24, 2.45) is 0 Å². The van der Waals surface area contributed by atoms with Gasteiger partial charge in [0.05, 0.1) is 0 Å². The van der Waals surface area contributed by atoms with Crippen LogP contribution in [0.2, 0.25) is 0 Å². The molecule has 48 valence electrons. The standard InChI is InChI=1S/H2O4S.H2O.H3P/c1-5(2,3)4;;/h(H2,1,2,3,4);1H2;1H3. The van der Waals surface area contributed by atoms with Crippen LogP contribution in [0.25, 0.3) is 0 Å². The van der Waals surface area contributed by atoms with Crippen molar-refractivity contribution in [1.82, 2.24) is 0 Å². The Kier molecular flexibility index (Phi) is 9.90. The molecule has 0 bridgehead atoms. The van der Waals surface area contributed by atoms with Gasteiger partial charge in [-0.1, -0.05) is 0 Å². The monoisotopic (exact) mass is 150 g/mol. The predicted molar refractivity (Wildman–Crippen MR) is 28.9 cm³/mol. The second-order valence-corrected chi connectivity index (χ2v) is 1.34. The molecule has 7 heavy (non-hydrogen) atoms. The summed E-state index contributed by atoms with van der Waals surface area (Å²) in [6, 6.07) is 0. The van der Waals surface area contributed by atoms with Gasteiger partial charge in [-0.3, -0.25) is 9.11 Å². The van der Waals surface area contributed by atoms with Gasteiger partial charge in [0.2, 0.25) is 0 Å². The number of rotatable bonds is 0. The maximum Gasteiger partial charge on any atom is 0.394 e. The van der Waals surface area contributed by atoms with Crippen molar-refractivity contribution < 1.29 is 23.0 Å². The van der Waals surface area contributed by atoms with E-state index < -0.39 is 10.4 Å². The van der Waals surface area contributed by atoms with Crippen molar-refractivity contribution in [1.29, 1.82) is 0 Å². The Morgan fingerprint density at radius 2 is 1.14 bits per heavy atom. The zero-order valence-corrected chi connectivity index (χ0v) is 5.56. The molecule has 0 aromatic rings. The maximum atomic E-state index is 8.74. The molecule has 0 aromatic carbocycles. The summed E-state index contributed by atoms with van der Waals surface area (Å²) in [6.07, 6.45) is 0. The zero-order valence-electron chi connectivity index (χ0n) is 3.33. The van der Waals surface area contributed by atoms with Crippen LogP contribution in [0, 0.1) is 0 Å². The summed E-state index contributed by atoms with van der Waals surface area (Å²) >= 11 is 0. The quantitative estimate of drug-likeness (QED) is 0.326. The lowest BCUT2D eigenvalue weighted by molar-refractivity contribution is 0.381. The molecule has 0 aromatic heterocycles. The van der Waals surface area contributed by atoms with Gasteiger partial charge in [0.25, 0.3) is 0 Å². The molecule has 7 heteroatoms. The first-order chi connectivity index (χ1) is 2.00. The van der Waals surface area contributed by atoms with Crippen LogP contribution < -0.4 is 0 Å². The fourth-order valence-electron chi connectivity index (χ4n) is 0. The largest absolute Gasteiger partial charge is 0.412 e. The van der Waals surface area contributed by atoms with Gasteiger partial charge in [-0.2, -0.15) is 18.3 Å². The van der Waals surface area contributed by atoms with E-state index in [9.17, 15) is 0 Å². The van der Waals surface area contributed by atoms with Gasteiger partial charge in [0.1, 0.15) is 0 Å². The van der Waals surface area contributed by atoms with E-state index in [1.165, 1.54) is 0 Å². The number of hydrogen-bond donors (Lipinski definition) is 2. The van der Waals surface area contributed by atoms with Gasteiger partial charge in [0, 0.05) is 0 Å². The van der Waals surface area contributed by atoms with Gasteiger partial charge in [-0.05, 0) is 0 Å². The lowest BCUT2D eigenvalue weighted by Gasteiger charge is -1.68. The van der Waals surface area contributed by atoms with Crippen LogP contribution in [-0.4, -0.2) is 23.0 Å². The Labute approximate surface area is 44.2 Å². The molecule has 0 saturated heterocycles. The van der Waals surface area contributed by atoms with Crippen LogP contribution in [0.3, 0.4) is 0 Å². The lowest BCUT2D eigenvalue weighted by atomic mass is 15.8. The summed E-state index contributed by atoms with van der Waals surface area (Å²) in [5.41, 5.74) is 0. The summed E-state index contributed by atoms with van der Waals surface area (Å²) < 4.78 is 31.6. The molecule has 0 fully saturated rings. The topological polar surface area (TPSA) is 106 Å². The number of hydrogen-bond acceptors (Lipinski definition) is 2. The van der Waals surface area contributed by atoms with Gasteiger partial charge >= 0.3 is 10.4 Å². The van der Waals surface area contributed by atoms with E-state index in [4.69, 9.17) is 17.5 Å². The Balaban J connectivity index is -0.0000000800. The summed E-state index contributed by atoms with van der Waals surface area (Å²) in [6.45, 7) is 0. The van der Waals surface area contributed by atoms with E-state index in [1.807, 2.05) is 0 Å². The summed E-state index contributed by atoms with van der Waals surface area (Å²) in [5, 5.41) is 0. The van der Waals surface area contributed by atoms with Crippen LogP contribution in [0.5, 0.6) is 0 Å². The molecule has 1 unspecified atom stereocenters. The molecule has 0 spiro atoms. The molecule has 0 radical (unpaired) electrons. The minimum absolute atomic E-state index is 0. The molecule has 0 heterocycles. The molecule has 0 saturated carbocycles.